The van der Waals surface area contributed by atoms with Gasteiger partial charge in [-0.15, -0.1) is 0 Å². The highest BCUT2D eigenvalue weighted by molar-refractivity contribution is 5.93. The Balaban J connectivity index is 1.65. The van der Waals surface area contributed by atoms with Crippen molar-refractivity contribution in [3.05, 3.63) is 99.6 Å². The molecule has 0 radical (unpaired) electrons. The second-order valence-corrected chi connectivity index (χ2v) is 9.93. The van der Waals surface area contributed by atoms with Gasteiger partial charge in [0.2, 0.25) is 0 Å². The van der Waals surface area contributed by atoms with Gasteiger partial charge in [-0.1, -0.05) is 37.3 Å². The number of hydrogen-bond donors (Lipinski definition) is 2. The summed E-state index contributed by atoms with van der Waals surface area (Å²) in [6, 6.07) is 9.89. The molecule has 1 atom stereocenters. The molecule has 0 bridgehead atoms. The van der Waals surface area contributed by atoms with Crippen molar-refractivity contribution < 1.29 is 36.2 Å². The first-order valence-corrected chi connectivity index (χ1v) is 12.1. The molecule has 41 heavy (non-hydrogen) atoms. The summed E-state index contributed by atoms with van der Waals surface area (Å²) < 4.78 is 85.1. The largest absolute Gasteiger partial charge is 0.478 e. The molecule has 4 heterocycles. The van der Waals surface area contributed by atoms with Crippen LogP contribution in [0.1, 0.15) is 40.0 Å². The van der Waals surface area contributed by atoms with E-state index in [2.05, 4.69) is 9.97 Å². The van der Waals surface area contributed by atoms with Crippen molar-refractivity contribution in [3.63, 3.8) is 0 Å². The first kappa shape index (κ1) is 27.9. The molecule has 0 aliphatic carbocycles. The van der Waals surface area contributed by atoms with Crippen molar-refractivity contribution in [1.29, 1.82) is 0 Å². The van der Waals surface area contributed by atoms with Gasteiger partial charge in [0.15, 0.2) is 6.04 Å². The third-order valence-corrected chi connectivity index (χ3v) is 6.94. The van der Waals surface area contributed by atoms with E-state index in [1.165, 1.54) is 6.07 Å². The van der Waals surface area contributed by atoms with E-state index in [0.717, 1.165) is 23.9 Å². The van der Waals surface area contributed by atoms with Crippen LogP contribution in [0.3, 0.4) is 0 Å². The molecule has 214 valence electrons. The molecule has 3 aromatic heterocycles. The fourth-order valence-corrected chi connectivity index (χ4v) is 4.89. The molecular formula is C27H21F6N5O3. The molecule has 0 saturated carbocycles. The van der Waals surface area contributed by atoms with Gasteiger partial charge in [0.1, 0.15) is 22.8 Å². The number of rotatable bonds is 6. The Morgan fingerprint density at radius 1 is 1.05 bits per heavy atom. The highest BCUT2D eigenvalue weighted by atomic mass is 19.4. The second-order valence-electron chi connectivity index (χ2n) is 9.93. The summed E-state index contributed by atoms with van der Waals surface area (Å²) in [6.07, 6.45) is -8.95. The van der Waals surface area contributed by atoms with Crippen molar-refractivity contribution in [3.8, 4) is 0 Å². The lowest BCUT2D eigenvalue weighted by Crippen LogP contribution is -2.58. The Hall–Kier alpha value is -4.62. The number of carboxylic acids is 1. The van der Waals surface area contributed by atoms with Crippen LogP contribution in [-0.4, -0.2) is 44.7 Å². The maximum Gasteiger partial charge on any atom is 0.417 e. The SMILES string of the molecule is CC1(c2ccccc2)CN(c2cc(=O)n3cc(C(F)(F)F)cc(C(Nc4ncccc4C(=O)O)C(F)(F)F)c3n2)C1. The van der Waals surface area contributed by atoms with E-state index in [-0.39, 0.29) is 17.3 Å². The molecule has 1 fully saturated rings. The summed E-state index contributed by atoms with van der Waals surface area (Å²) in [5, 5.41) is 11.3. The summed E-state index contributed by atoms with van der Waals surface area (Å²) in [4.78, 5) is 34.1. The van der Waals surface area contributed by atoms with Crippen molar-refractivity contribution in [1.82, 2.24) is 14.4 Å². The number of benzene rings is 1. The number of carbonyl (C=O) groups is 1. The third-order valence-electron chi connectivity index (χ3n) is 6.94. The number of pyridine rings is 2. The quantitative estimate of drug-likeness (QED) is 0.300. The molecule has 1 aliphatic heterocycles. The van der Waals surface area contributed by atoms with Crippen LogP contribution in [-0.2, 0) is 11.6 Å². The van der Waals surface area contributed by atoms with Crippen LogP contribution in [0.4, 0.5) is 38.0 Å². The number of anilines is 2. The molecule has 8 nitrogen and oxygen atoms in total. The van der Waals surface area contributed by atoms with Gasteiger partial charge < -0.3 is 15.3 Å². The van der Waals surface area contributed by atoms with Crippen molar-refractivity contribution in [2.45, 2.75) is 30.7 Å². The zero-order valence-corrected chi connectivity index (χ0v) is 21.2. The molecular weight excluding hydrogens is 556 g/mol. The lowest BCUT2D eigenvalue weighted by molar-refractivity contribution is -0.145. The maximum absolute atomic E-state index is 14.5. The zero-order chi connectivity index (χ0) is 29.7. The molecule has 5 rings (SSSR count). The van der Waals surface area contributed by atoms with Gasteiger partial charge in [-0.2, -0.15) is 26.3 Å². The van der Waals surface area contributed by atoms with E-state index in [9.17, 15) is 41.0 Å². The second kappa shape index (κ2) is 9.78. The van der Waals surface area contributed by atoms with E-state index >= 15 is 0 Å². The first-order chi connectivity index (χ1) is 19.2. The van der Waals surface area contributed by atoms with Gasteiger partial charge >= 0.3 is 18.3 Å². The minimum Gasteiger partial charge on any atom is -0.478 e. The van der Waals surface area contributed by atoms with E-state index in [1.807, 2.05) is 42.6 Å². The summed E-state index contributed by atoms with van der Waals surface area (Å²) >= 11 is 0. The average molecular weight is 577 g/mol. The molecule has 0 spiro atoms. The molecule has 4 aromatic rings. The van der Waals surface area contributed by atoms with Crippen LogP contribution < -0.4 is 15.8 Å². The smallest absolute Gasteiger partial charge is 0.417 e. The number of aromatic carboxylic acids is 1. The lowest BCUT2D eigenvalue weighted by atomic mass is 9.75. The molecule has 1 unspecified atom stereocenters. The molecule has 14 heteroatoms. The van der Waals surface area contributed by atoms with Gasteiger partial charge in [-0.05, 0) is 23.8 Å². The Labute approximate surface area is 227 Å². The van der Waals surface area contributed by atoms with E-state index in [4.69, 9.17) is 0 Å². The van der Waals surface area contributed by atoms with Crippen molar-refractivity contribution in [2.24, 2.45) is 0 Å². The number of nitrogens with zero attached hydrogens (tertiary/aromatic N) is 4. The number of halogens is 6. The Kier molecular flexibility index (Phi) is 6.66. The number of alkyl halides is 6. The van der Waals surface area contributed by atoms with Crippen LogP contribution >= 0.6 is 0 Å². The zero-order valence-electron chi connectivity index (χ0n) is 21.2. The maximum atomic E-state index is 14.5. The van der Waals surface area contributed by atoms with Crippen molar-refractivity contribution >= 4 is 23.3 Å². The molecule has 0 amide bonds. The standard InChI is InChI=1S/C27H21F6N5O3/c1-25(15-6-3-2-4-7-15)13-37(14-25)19-11-20(39)38-12-16(26(28,29)30)10-18(23(38)35-19)21(27(31,32)33)36-22-17(24(40)41)8-5-9-34-22/h2-12,21H,13-14H2,1H3,(H,34,36)(H,40,41). The molecule has 2 N–H and O–H groups in total. The van der Waals surface area contributed by atoms with Crippen LogP contribution in [0.2, 0.25) is 0 Å². The molecule has 1 aliphatic rings. The monoisotopic (exact) mass is 577 g/mol. The number of carboxylic acid groups (broad SMARTS) is 1. The van der Waals surface area contributed by atoms with Crippen molar-refractivity contribution in [2.75, 3.05) is 23.3 Å². The summed E-state index contributed by atoms with van der Waals surface area (Å²) in [5.74, 6) is -2.33. The Morgan fingerprint density at radius 3 is 2.34 bits per heavy atom. The summed E-state index contributed by atoms with van der Waals surface area (Å²) in [5.41, 5.74) is -4.22. The molecule has 1 saturated heterocycles. The minimum absolute atomic E-state index is 0.00518. The van der Waals surface area contributed by atoms with Gasteiger partial charge in [-0.25, -0.2) is 14.8 Å². The Bertz CT molecular complexity index is 1680. The van der Waals surface area contributed by atoms with Crippen LogP contribution in [0.25, 0.3) is 5.65 Å². The predicted octanol–water partition coefficient (Wildman–Crippen LogP) is 5.30. The van der Waals surface area contributed by atoms with Crippen LogP contribution in [0.15, 0.2) is 71.8 Å². The van der Waals surface area contributed by atoms with E-state index in [0.29, 0.717) is 23.7 Å². The lowest BCUT2D eigenvalue weighted by Gasteiger charge is -2.49. The average Bonchev–Trinajstić information content (AvgIpc) is 2.89. The number of fused-ring (bicyclic) bond motifs is 1. The van der Waals surface area contributed by atoms with E-state index in [1.54, 1.807) is 4.90 Å². The minimum atomic E-state index is -5.26. The van der Waals surface area contributed by atoms with Gasteiger partial charge in [0.25, 0.3) is 5.56 Å². The number of aromatic nitrogens is 3. The first-order valence-electron chi connectivity index (χ1n) is 12.1. The number of hydrogen-bond acceptors (Lipinski definition) is 6. The summed E-state index contributed by atoms with van der Waals surface area (Å²) in [6.45, 7) is 2.67. The van der Waals surface area contributed by atoms with Gasteiger partial charge in [-0.3, -0.25) is 9.20 Å². The fourth-order valence-electron chi connectivity index (χ4n) is 4.89. The van der Waals surface area contributed by atoms with E-state index < -0.39 is 58.1 Å². The Morgan fingerprint density at radius 2 is 1.73 bits per heavy atom. The highest BCUT2D eigenvalue weighted by Crippen LogP contribution is 2.41. The van der Waals surface area contributed by atoms with Gasteiger partial charge in [0, 0.05) is 42.5 Å². The fraction of sp³-hybridized carbons (Fsp3) is 0.259. The summed E-state index contributed by atoms with van der Waals surface area (Å²) in [7, 11) is 0. The highest BCUT2D eigenvalue weighted by Gasteiger charge is 2.45. The topological polar surface area (TPSA) is 99.8 Å². The number of nitrogens with one attached hydrogen (secondary N) is 1. The van der Waals surface area contributed by atoms with Crippen LogP contribution in [0, 0.1) is 0 Å². The van der Waals surface area contributed by atoms with Crippen LogP contribution in [0.5, 0.6) is 0 Å². The predicted molar refractivity (Wildman–Crippen MR) is 136 cm³/mol. The third kappa shape index (κ3) is 5.28. The van der Waals surface area contributed by atoms with Gasteiger partial charge in [0.05, 0.1) is 5.56 Å². The normalized spacial score (nSPS) is 15.8. The molecule has 1 aromatic carbocycles.